The second kappa shape index (κ2) is 6.02. The summed E-state index contributed by atoms with van der Waals surface area (Å²) in [4.78, 5) is 4.37. The molecule has 1 N–H and O–H groups in total. The summed E-state index contributed by atoms with van der Waals surface area (Å²) in [5, 5.41) is 3.13. The molecule has 3 heteroatoms. The number of aryl methyl sites for hydroxylation is 4. The molecule has 0 atom stereocenters. The molecule has 3 nitrogen and oxygen atoms in total. The van der Waals surface area contributed by atoms with Gasteiger partial charge in [0, 0.05) is 12.0 Å². The molecule has 0 amide bonds. The summed E-state index contributed by atoms with van der Waals surface area (Å²) in [5.41, 5.74) is 4.95. The van der Waals surface area contributed by atoms with Gasteiger partial charge in [-0.2, -0.15) is 0 Å². The maximum atomic E-state index is 5.88. The Labute approximate surface area is 115 Å². The third-order valence-electron chi connectivity index (χ3n) is 3.29. The Morgan fingerprint density at radius 3 is 2.47 bits per heavy atom. The first kappa shape index (κ1) is 13.8. The molecule has 0 aliphatic carbocycles. The smallest absolute Gasteiger partial charge is 0.194 e. The van der Waals surface area contributed by atoms with Gasteiger partial charge in [0.05, 0.1) is 6.20 Å². The van der Waals surface area contributed by atoms with Gasteiger partial charge in [-0.1, -0.05) is 17.7 Å². The molecule has 1 heterocycles. The Balaban J connectivity index is 2.23. The molecule has 0 saturated heterocycles. The Hall–Kier alpha value is -1.61. The van der Waals surface area contributed by atoms with Crippen LogP contribution in [-0.4, -0.2) is 18.6 Å². The van der Waals surface area contributed by atoms with Crippen molar-refractivity contribution in [3.63, 3.8) is 0 Å². The molecular formula is C16H22N2O. The Bertz CT molecular complexity index is 535. The second-order valence-electron chi connectivity index (χ2n) is 5.10. The molecule has 19 heavy (non-hydrogen) atoms. The summed E-state index contributed by atoms with van der Waals surface area (Å²) < 4.78 is 5.88. The number of oxazole rings is 1. The second-order valence-corrected chi connectivity index (χ2v) is 5.10. The Morgan fingerprint density at radius 1 is 1.16 bits per heavy atom. The third kappa shape index (κ3) is 3.24. The fraction of sp³-hybridized carbons (Fsp3) is 0.438. The summed E-state index contributed by atoms with van der Waals surface area (Å²) in [6, 6.07) is 4.37. The van der Waals surface area contributed by atoms with Crippen molar-refractivity contribution in [3.8, 4) is 11.3 Å². The van der Waals surface area contributed by atoms with E-state index < -0.39 is 0 Å². The molecule has 0 aliphatic rings. The summed E-state index contributed by atoms with van der Waals surface area (Å²) >= 11 is 0. The predicted octanol–water partition coefficient (Wildman–Crippen LogP) is 3.42. The number of nitrogens with zero attached hydrogens (tertiary/aromatic N) is 1. The van der Waals surface area contributed by atoms with E-state index in [0.29, 0.717) is 0 Å². The quantitative estimate of drug-likeness (QED) is 0.835. The third-order valence-corrected chi connectivity index (χ3v) is 3.29. The van der Waals surface area contributed by atoms with Crippen LogP contribution in [0.1, 0.15) is 29.0 Å². The first-order chi connectivity index (χ1) is 9.11. The van der Waals surface area contributed by atoms with Crippen molar-refractivity contribution in [2.45, 2.75) is 33.6 Å². The monoisotopic (exact) mass is 258 g/mol. The minimum Gasteiger partial charge on any atom is -0.441 e. The standard InChI is InChI=1S/C16H22N2O/c1-11-8-12(2)16(13(3)9-11)14-10-18-15(19-14)6-5-7-17-4/h8-10,17H,5-7H2,1-4H3. The van der Waals surface area contributed by atoms with Crippen LogP contribution in [0.4, 0.5) is 0 Å². The molecule has 0 spiro atoms. The first-order valence-corrected chi connectivity index (χ1v) is 6.79. The number of benzene rings is 1. The molecule has 0 bridgehead atoms. The van der Waals surface area contributed by atoms with Crippen LogP contribution in [0.25, 0.3) is 11.3 Å². The number of rotatable bonds is 5. The number of hydrogen-bond acceptors (Lipinski definition) is 3. The van der Waals surface area contributed by atoms with E-state index >= 15 is 0 Å². The van der Waals surface area contributed by atoms with E-state index in [1.54, 1.807) is 0 Å². The minimum atomic E-state index is 0.824. The molecule has 0 radical (unpaired) electrons. The highest BCUT2D eigenvalue weighted by Crippen LogP contribution is 2.29. The van der Waals surface area contributed by atoms with Crippen LogP contribution in [-0.2, 0) is 6.42 Å². The molecule has 1 aromatic carbocycles. The molecule has 102 valence electrons. The lowest BCUT2D eigenvalue weighted by Gasteiger charge is -2.08. The zero-order valence-electron chi connectivity index (χ0n) is 12.2. The van der Waals surface area contributed by atoms with E-state index in [-0.39, 0.29) is 0 Å². The molecule has 0 unspecified atom stereocenters. The number of aromatic nitrogens is 1. The fourth-order valence-electron chi connectivity index (χ4n) is 2.53. The number of hydrogen-bond donors (Lipinski definition) is 1. The molecular weight excluding hydrogens is 236 g/mol. The fourth-order valence-corrected chi connectivity index (χ4v) is 2.53. The van der Waals surface area contributed by atoms with Crippen molar-refractivity contribution >= 4 is 0 Å². The first-order valence-electron chi connectivity index (χ1n) is 6.79. The molecule has 0 aliphatic heterocycles. The van der Waals surface area contributed by atoms with Crippen molar-refractivity contribution in [3.05, 3.63) is 40.9 Å². The van der Waals surface area contributed by atoms with Crippen LogP contribution in [0.5, 0.6) is 0 Å². The molecule has 2 rings (SSSR count). The van der Waals surface area contributed by atoms with E-state index in [9.17, 15) is 0 Å². The zero-order valence-corrected chi connectivity index (χ0v) is 12.2. The lowest BCUT2D eigenvalue weighted by atomic mass is 9.98. The van der Waals surface area contributed by atoms with Crippen LogP contribution < -0.4 is 5.32 Å². The van der Waals surface area contributed by atoms with Gasteiger partial charge in [0.2, 0.25) is 0 Å². The van der Waals surface area contributed by atoms with E-state index in [2.05, 4.69) is 43.2 Å². The largest absolute Gasteiger partial charge is 0.441 e. The van der Waals surface area contributed by atoms with Gasteiger partial charge in [-0.3, -0.25) is 0 Å². The van der Waals surface area contributed by atoms with Gasteiger partial charge in [0.15, 0.2) is 11.7 Å². The van der Waals surface area contributed by atoms with Crippen molar-refractivity contribution in [1.82, 2.24) is 10.3 Å². The van der Waals surface area contributed by atoms with Gasteiger partial charge in [-0.15, -0.1) is 0 Å². The average Bonchev–Trinajstić information content (AvgIpc) is 2.76. The molecule has 1 aromatic heterocycles. The van der Waals surface area contributed by atoms with Gasteiger partial charge < -0.3 is 9.73 Å². The zero-order chi connectivity index (χ0) is 13.8. The molecule has 0 saturated carbocycles. The highest BCUT2D eigenvalue weighted by Gasteiger charge is 2.11. The lowest BCUT2D eigenvalue weighted by molar-refractivity contribution is 0.495. The topological polar surface area (TPSA) is 38.1 Å². The molecule has 2 aromatic rings. The highest BCUT2D eigenvalue weighted by molar-refractivity contribution is 5.66. The van der Waals surface area contributed by atoms with Crippen molar-refractivity contribution in [2.24, 2.45) is 0 Å². The summed E-state index contributed by atoms with van der Waals surface area (Å²) in [5.74, 6) is 1.71. The summed E-state index contributed by atoms with van der Waals surface area (Å²) in [6.07, 6.45) is 3.77. The minimum absolute atomic E-state index is 0.824. The van der Waals surface area contributed by atoms with Crippen LogP contribution in [0, 0.1) is 20.8 Å². The van der Waals surface area contributed by atoms with Crippen molar-refractivity contribution < 1.29 is 4.42 Å². The lowest BCUT2D eigenvalue weighted by Crippen LogP contribution is -2.08. The Kier molecular flexibility index (Phi) is 4.38. The highest BCUT2D eigenvalue weighted by atomic mass is 16.4. The van der Waals surface area contributed by atoms with E-state index in [4.69, 9.17) is 4.42 Å². The van der Waals surface area contributed by atoms with E-state index in [0.717, 1.165) is 31.0 Å². The van der Waals surface area contributed by atoms with Crippen LogP contribution >= 0.6 is 0 Å². The number of nitrogens with one attached hydrogen (secondary N) is 1. The van der Waals surface area contributed by atoms with Crippen molar-refractivity contribution in [2.75, 3.05) is 13.6 Å². The van der Waals surface area contributed by atoms with Crippen molar-refractivity contribution in [1.29, 1.82) is 0 Å². The van der Waals surface area contributed by atoms with Gasteiger partial charge in [0.25, 0.3) is 0 Å². The van der Waals surface area contributed by atoms with Crippen LogP contribution in [0.15, 0.2) is 22.7 Å². The summed E-state index contributed by atoms with van der Waals surface area (Å²) in [7, 11) is 1.96. The normalized spacial score (nSPS) is 10.9. The van der Waals surface area contributed by atoms with Gasteiger partial charge >= 0.3 is 0 Å². The van der Waals surface area contributed by atoms with E-state index in [1.165, 1.54) is 22.3 Å². The average molecular weight is 258 g/mol. The van der Waals surface area contributed by atoms with Gasteiger partial charge in [0.1, 0.15) is 0 Å². The predicted molar refractivity (Wildman–Crippen MR) is 78.4 cm³/mol. The van der Waals surface area contributed by atoms with E-state index in [1.807, 2.05) is 13.2 Å². The maximum Gasteiger partial charge on any atom is 0.194 e. The van der Waals surface area contributed by atoms with Crippen LogP contribution in [0.2, 0.25) is 0 Å². The SMILES string of the molecule is CNCCCc1ncc(-c2c(C)cc(C)cc2C)o1. The Morgan fingerprint density at radius 2 is 1.84 bits per heavy atom. The molecule has 0 fully saturated rings. The summed E-state index contributed by atoms with van der Waals surface area (Å²) in [6.45, 7) is 7.35. The van der Waals surface area contributed by atoms with Gasteiger partial charge in [-0.05, 0) is 51.9 Å². The maximum absolute atomic E-state index is 5.88. The van der Waals surface area contributed by atoms with Gasteiger partial charge in [-0.25, -0.2) is 4.98 Å². The van der Waals surface area contributed by atoms with Crippen LogP contribution in [0.3, 0.4) is 0 Å².